The molecule has 2 unspecified atom stereocenters. The second-order valence-electron chi connectivity index (χ2n) is 5.18. The van der Waals surface area contributed by atoms with Gasteiger partial charge in [0.15, 0.2) is 0 Å². The standard InChI is InChI=1S/C17H20BrClN2/c1-3-7-21-17(12(2)16-6-4-5-8-20-16)13-9-14(18)11-15(19)10-13/h4-6,8-12,17,21H,3,7H2,1-2H3. The second kappa shape index (κ2) is 7.92. The predicted molar refractivity (Wildman–Crippen MR) is 92.8 cm³/mol. The van der Waals surface area contributed by atoms with E-state index in [4.69, 9.17) is 11.6 Å². The maximum atomic E-state index is 6.21. The third-order valence-corrected chi connectivity index (χ3v) is 4.19. The molecule has 0 aliphatic heterocycles. The van der Waals surface area contributed by atoms with Crippen LogP contribution in [0.25, 0.3) is 0 Å². The molecule has 0 aliphatic carbocycles. The maximum absolute atomic E-state index is 6.21. The molecule has 0 amide bonds. The van der Waals surface area contributed by atoms with Crippen LogP contribution in [-0.2, 0) is 0 Å². The molecule has 4 heteroatoms. The molecule has 0 fully saturated rings. The van der Waals surface area contributed by atoms with Gasteiger partial charge in [-0.15, -0.1) is 0 Å². The van der Waals surface area contributed by atoms with Crippen LogP contribution in [0.4, 0.5) is 0 Å². The van der Waals surface area contributed by atoms with Gasteiger partial charge in [-0.3, -0.25) is 4.98 Å². The summed E-state index contributed by atoms with van der Waals surface area (Å²) >= 11 is 9.73. The Morgan fingerprint density at radius 1 is 1.29 bits per heavy atom. The first-order valence-corrected chi connectivity index (χ1v) is 8.39. The molecule has 0 aliphatic rings. The van der Waals surface area contributed by atoms with Gasteiger partial charge in [0, 0.05) is 33.3 Å². The Bertz CT molecular complexity index is 554. The average molecular weight is 368 g/mol. The van der Waals surface area contributed by atoms with Crippen molar-refractivity contribution in [3.05, 3.63) is 63.3 Å². The number of aromatic nitrogens is 1. The highest BCUT2D eigenvalue weighted by molar-refractivity contribution is 9.10. The first kappa shape index (κ1) is 16.5. The lowest BCUT2D eigenvalue weighted by Crippen LogP contribution is -2.27. The van der Waals surface area contributed by atoms with Crippen LogP contribution < -0.4 is 5.32 Å². The molecule has 0 bridgehead atoms. The molecule has 0 spiro atoms. The van der Waals surface area contributed by atoms with Crippen molar-refractivity contribution in [1.82, 2.24) is 10.3 Å². The van der Waals surface area contributed by atoms with E-state index in [9.17, 15) is 0 Å². The van der Waals surface area contributed by atoms with Crippen molar-refractivity contribution in [2.75, 3.05) is 6.54 Å². The summed E-state index contributed by atoms with van der Waals surface area (Å²) in [6.45, 7) is 5.33. The van der Waals surface area contributed by atoms with E-state index in [-0.39, 0.29) is 12.0 Å². The molecular weight excluding hydrogens is 348 g/mol. The zero-order chi connectivity index (χ0) is 15.2. The monoisotopic (exact) mass is 366 g/mol. The molecule has 112 valence electrons. The number of pyridine rings is 1. The summed E-state index contributed by atoms with van der Waals surface area (Å²) in [7, 11) is 0. The quantitative estimate of drug-likeness (QED) is 0.745. The fourth-order valence-electron chi connectivity index (χ4n) is 2.45. The highest BCUT2D eigenvalue weighted by Crippen LogP contribution is 2.32. The van der Waals surface area contributed by atoms with E-state index < -0.39 is 0 Å². The lowest BCUT2D eigenvalue weighted by Gasteiger charge is -2.26. The summed E-state index contributed by atoms with van der Waals surface area (Å²) in [6, 6.07) is 12.3. The van der Waals surface area contributed by atoms with Gasteiger partial charge >= 0.3 is 0 Å². The van der Waals surface area contributed by atoms with E-state index in [2.05, 4.69) is 52.2 Å². The van der Waals surface area contributed by atoms with Crippen LogP contribution >= 0.6 is 27.5 Å². The Balaban J connectivity index is 2.33. The Labute approximate surface area is 140 Å². The molecule has 2 rings (SSSR count). The lowest BCUT2D eigenvalue weighted by atomic mass is 9.91. The Morgan fingerprint density at radius 3 is 2.71 bits per heavy atom. The maximum Gasteiger partial charge on any atom is 0.0450 e. The fraction of sp³-hybridized carbons (Fsp3) is 0.353. The van der Waals surface area contributed by atoms with E-state index in [1.807, 2.05) is 30.5 Å². The molecule has 0 saturated carbocycles. The lowest BCUT2D eigenvalue weighted by molar-refractivity contribution is 0.460. The largest absolute Gasteiger partial charge is 0.309 e. The van der Waals surface area contributed by atoms with E-state index in [1.165, 1.54) is 5.56 Å². The van der Waals surface area contributed by atoms with Crippen molar-refractivity contribution < 1.29 is 0 Å². The number of hydrogen-bond donors (Lipinski definition) is 1. The minimum Gasteiger partial charge on any atom is -0.309 e. The summed E-state index contributed by atoms with van der Waals surface area (Å²) in [6.07, 6.45) is 2.93. The topological polar surface area (TPSA) is 24.9 Å². The van der Waals surface area contributed by atoms with Crippen LogP contribution in [0.2, 0.25) is 5.02 Å². The molecular formula is C17H20BrClN2. The summed E-state index contributed by atoms with van der Waals surface area (Å²) in [5.74, 6) is 0.267. The molecule has 1 N–H and O–H groups in total. The predicted octanol–water partition coefficient (Wildman–Crippen LogP) is 5.34. The van der Waals surface area contributed by atoms with Crippen LogP contribution in [0.3, 0.4) is 0 Å². The molecule has 2 atom stereocenters. The highest BCUT2D eigenvalue weighted by atomic mass is 79.9. The van der Waals surface area contributed by atoms with Gasteiger partial charge in [0.25, 0.3) is 0 Å². The first-order valence-electron chi connectivity index (χ1n) is 7.22. The van der Waals surface area contributed by atoms with Crippen molar-refractivity contribution >= 4 is 27.5 Å². The molecule has 21 heavy (non-hydrogen) atoms. The first-order chi connectivity index (χ1) is 10.1. The summed E-state index contributed by atoms with van der Waals surface area (Å²) in [5, 5.41) is 4.37. The molecule has 2 aromatic rings. The van der Waals surface area contributed by atoms with Crippen LogP contribution in [0.5, 0.6) is 0 Å². The Morgan fingerprint density at radius 2 is 2.10 bits per heavy atom. The van der Waals surface area contributed by atoms with Crippen molar-refractivity contribution in [2.45, 2.75) is 32.2 Å². The normalized spacial score (nSPS) is 13.9. The van der Waals surface area contributed by atoms with E-state index in [0.29, 0.717) is 0 Å². The third-order valence-electron chi connectivity index (χ3n) is 3.51. The summed E-state index contributed by atoms with van der Waals surface area (Å²) in [4.78, 5) is 4.49. The van der Waals surface area contributed by atoms with Crippen LogP contribution in [0.15, 0.2) is 47.1 Å². The van der Waals surface area contributed by atoms with Gasteiger partial charge in [-0.25, -0.2) is 0 Å². The minimum absolute atomic E-state index is 0.190. The van der Waals surface area contributed by atoms with Gasteiger partial charge in [0.1, 0.15) is 0 Å². The van der Waals surface area contributed by atoms with Crippen molar-refractivity contribution in [1.29, 1.82) is 0 Å². The van der Waals surface area contributed by atoms with Gasteiger partial charge < -0.3 is 5.32 Å². The van der Waals surface area contributed by atoms with Crippen LogP contribution in [-0.4, -0.2) is 11.5 Å². The summed E-state index contributed by atoms with van der Waals surface area (Å²) in [5.41, 5.74) is 2.27. The van der Waals surface area contributed by atoms with Crippen molar-refractivity contribution in [3.63, 3.8) is 0 Å². The molecule has 0 saturated heterocycles. The van der Waals surface area contributed by atoms with E-state index in [0.717, 1.165) is 28.2 Å². The number of nitrogens with one attached hydrogen (secondary N) is 1. The van der Waals surface area contributed by atoms with Gasteiger partial charge in [0.05, 0.1) is 0 Å². The zero-order valence-electron chi connectivity index (χ0n) is 12.3. The molecule has 1 heterocycles. The van der Waals surface area contributed by atoms with Crippen LogP contribution in [0.1, 0.15) is 43.5 Å². The van der Waals surface area contributed by atoms with Crippen molar-refractivity contribution in [2.24, 2.45) is 0 Å². The van der Waals surface area contributed by atoms with Gasteiger partial charge in [-0.2, -0.15) is 0 Å². The number of hydrogen-bond acceptors (Lipinski definition) is 2. The molecule has 0 radical (unpaired) electrons. The van der Waals surface area contributed by atoms with Gasteiger partial charge in [-0.1, -0.05) is 47.4 Å². The minimum atomic E-state index is 0.190. The second-order valence-corrected chi connectivity index (χ2v) is 6.53. The summed E-state index contributed by atoms with van der Waals surface area (Å²) < 4.78 is 1.00. The van der Waals surface area contributed by atoms with E-state index >= 15 is 0 Å². The number of benzene rings is 1. The molecule has 1 aromatic heterocycles. The number of rotatable bonds is 6. The fourth-order valence-corrected chi connectivity index (χ4v) is 3.34. The Kier molecular flexibility index (Phi) is 6.22. The Hall–Kier alpha value is -0.900. The van der Waals surface area contributed by atoms with Gasteiger partial charge in [-0.05, 0) is 48.9 Å². The highest BCUT2D eigenvalue weighted by Gasteiger charge is 2.21. The average Bonchev–Trinajstić information content (AvgIpc) is 2.47. The smallest absolute Gasteiger partial charge is 0.0450 e. The zero-order valence-corrected chi connectivity index (χ0v) is 14.7. The number of halogens is 2. The van der Waals surface area contributed by atoms with Crippen LogP contribution in [0, 0.1) is 0 Å². The third kappa shape index (κ3) is 4.53. The SMILES string of the molecule is CCCNC(c1cc(Cl)cc(Br)c1)C(C)c1ccccn1. The van der Waals surface area contributed by atoms with Gasteiger partial charge in [0.2, 0.25) is 0 Å². The van der Waals surface area contributed by atoms with Crippen molar-refractivity contribution in [3.8, 4) is 0 Å². The molecule has 1 aromatic carbocycles. The number of nitrogens with zero attached hydrogens (tertiary/aromatic N) is 1. The van der Waals surface area contributed by atoms with E-state index in [1.54, 1.807) is 0 Å². The molecule has 2 nitrogen and oxygen atoms in total.